The van der Waals surface area contributed by atoms with E-state index in [0.717, 1.165) is 6.07 Å². The van der Waals surface area contributed by atoms with Gasteiger partial charge in [0.25, 0.3) is 11.8 Å². The van der Waals surface area contributed by atoms with Crippen LogP contribution in [0, 0.1) is 23.5 Å². The normalized spacial score (nSPS) is 21.5. The SMILES string of the molecule is CC(O)(c1cc(F)c2c(c1)C(=O)N(Cc1ccc(Cl)cn1)[C@@]2(OCCO)c1ccc(Cl)cc1)C1CCS(=O)(=O)CC1.CO[C@@]1(c2ccc(Cl)cc2)c2c(F)cc(C(=O)C3CCS(=O)(=O)CC3)cc2C(=O)N1Cc1ccc(Cl)cn1. The molecule has 23 heteroatoms. The molecule has 6 heterocycles. The molecule has 79 heavy (non-hydrogen) atoms. The van der Waals surface area contributed by atoms with Crippen molar-refractivity contribution in [2.75, 3.05) is 43.3 Å². The number of fused-ring (bicyclic) bond motifs is 2. The molecule has 416 valence electrons. The zero-order valence-corrected chi connectivity index (χ0v) is 47.1. The summed E-state index contributed by atoms with van der Waals surface area (Å²) in [5.41, 5.74) is -3.22. The number of hydrogen-bond donors (Lipinski definition) is 2. The number of aliphatic hydroxyl groups is 2. The zero-order chi connectivity index (χ0) is 56.8. The van der Waals surface area contributed by atoms with Crippen LogP contribution >= 0.6 is 46.4 Å². The van der Waals surface area contributed by atoms with Gasteiger partial charge in [-0.25, -0.2) is 25.6 Å². The lowest BCUT2D eigenvalue weighted by molar-refractivity contribution is -0.120. The molecule has 4 aromatic carbocycles. The molecule has 6 aromatic rings. The summed E-state index contributed by atoms with van der Waals surface area (Å²) < 4.78 is 92.2. The predicted octanol–water partition coefficient (Wildman–Crippen LogP) is 9.46. The Morgan fingerprint density at radius 3 is 1.59 bits per heavy atom. The molecule has 2 saturated heterocycles. The van der Waals surface area contributed by atoms with Crippen molar-refractivity contribution in [3.05, 3.63) is 197 Å². The second-order valence-electron chi connectivity index (χ2n) is 19.9. The second kappa shape index (κ2) is 22.8. The number of ether oxygens (including phenoxy) is 2. The number of benzene rings is 4. The van der Waals surface area contributed by atoms with E-state index in [0.29, 0.717) is 42.6 Å². The smallest absolute Gasteiger partial charge is 0.257 e. The Morgan fingerprint density at radius 1 is 0.671 bits per heavy atom. The number of hydrogen-bond acceptors (Lipinski definition) is 13. The number of sulfone groups is 2. The molecule has 0 spiro atoms. The maximum Gasteiger partial charge on any atom is 0.257 e. The molecule has 0 saturated carbocycles. The van der Waals surface area contributed by atoms with Crippen molar-refractivity contribution in [1.82, 2.24) is 19.8 Å². The van der Waals surface area contributed by atoms with Gasteiger partial charge in [-0.1, -0.05) is 70.7 Å². The number of aromatic nitrogens is 2. The second-order valence-corrected chi connectivity index (χ2v) is 26.3. The van der Waals surface area contributed by atoms with Crippen molar-refractivity contribution < 1.29 is 59.7 Å². The van der Waals surface area contributed by atoms with Gasteiger partial charge in [0, 0.05) is 52.2 Å². The molecule has 2 aromatic heterocycles. The number of nitrogens with zero attached hydrogens (tertiary/aromatic N) is 4. The first-order chi connectivity index (χ1) is 37.4. The van der Waals surface area contributed by atoms with Gasteiger partial charge in [0.15, 0.2) is 17.2 Å². The first-order valence-electron chi connectivity index (χ1n) is 25.0. The summed E-state index contributed by atoms with van der Waals surface area (Å²) in [5.74, 6) is -4.45. The molecule has 2 amide bonds. The van der Waals surface area contributed by atoms with Gasteiger partial charge in [0.05, 0.1) is 98.6 Å². The Labute approximate surface area is 475 Å². The third-order valence-corrected chi connectivity index (χ3v) is 19.5. The highest BCUT2D eigenvalue weighted by atomic mass is 35.5. The molecule has 10 rings (SSSR count). The van der Waals surface area contributed by atoms with Gasteiger partial charge in [-0.15, -0.1) is 0 Å². The summed E-state index contributed by atoms with van der Waals surface area (Å²) in [6.07, 6.45) is 3.63. The quantitative estimate of drug-likeness (QED) is 0.0975. The van der Waals surface area contributed by atoms with Crippen LogP contribution in [-0.2, 0) is 59.3 Å². The van der Waals surface area contributed by atoms with Crippen LogP contribution in [0.4, 0.5) is 8.78 Å². The van der Waals surface area contributed by atoms with Crippen molar-refractivity contribution in [3.8, 4) is 0 Å². The van der Waals surface area contributed by atoms with Gasteiger partial charge in [-0.2, -0.15) is 0 Å². The van der Waals surface area contributed by atoms with E-state index < -0.39 is 78.6 Å². The maximum absolute atomic E-state index is 16.4. The van der Waals surface area contributed by atoms with Gasteiger partial charge in [0.2, 0.25) is 0 Å². The monoisotopic (exact) mass is 1200 g/mol. The highest BCUT2D eigenvalue weighted by molar-refractivity contribution is 7.91. The Bertz CT molecular complexity index is 3540. The van der Waals surface area contributed by atoms with E-state index in [1.54, 1.807) is 72.8 Å². The molecule has 0 aliphatic carbocycles. The zero-order valence-electron chi connectivity index (χ0n) is 42.5. The third kappa shape index (κ3) is 11.3. The fourth-order valence-electron chi connectivity index (χ4n) is 11.0. The predicted molar refractivity (Wildman–Crippen MR) is 292 cm³/mol. The fraction of sp³-hybridized carbons (Fsp3) is 0.339. The first-order valence-corrected chi connectivity index (χ1v) is 30.1. The summed E-state index contributed by atoms with van der Waals surface area (Å²) in [4.78, 5) is 52.6. The van der Waals surface area contributed by atoms with Crippen molar-refractivity contribution in [2.24, 2.45) is 11.8 Å². The van der Waals surface area contributed by atoms with Gasteiger partial charge in [-0.05, 0) is 117 Å². The molecule has 2 fully saturated rings. The Balaban J connectivity index is 0.000000192. The lowest BCUT2D eigenvalue weighted by Crippen LogP contribution is -2.47. The number of amides is 2. The van der Waals surface area contributed by atoms with Gasteiger partial charge in [0.1, 0.15) is 31.3 Å². The van der Waals surface area contributed by atoms with Crippen LogP contribution in [-0.4, -0.2) is 108 Å². The number of halogens is 6. The fourth-order valence-corrected chi connectivity index (χ4v) is 14.5. The van der Waals surface area contributed by atoms with Gasteiger partial charge in [-0.3, -0.25) is 34.2 Å². The van der Waals surface area contributed by atoms with Crippen LogP contribution in [0.3, 0.4) is 0 Å². The van der Waals surface area contributed by atoms with E-state index in [1.807, 2.05) is 0 Å². The van der Waals surface area contributed by atoms with Crippen molar-refractivity contribution >= 4 is 83.7 Å². The average Bonchev–Trinajstić information content (AvgIpc) is 4.08. The summed E-state index contributed by atoms with van der Waals surface area (Å²) in [5, 5.41) is 23.0. The first kappa shape index (κ1) is 58.2. The Morgan fingerprint density at radius 2 is 1.11 bits per heavy atom. The van der Waals surface area contributed by atoms with Crippen LogP contribution in [0.25, 0.3) is 0 Å². The lowest BCUT2D eigenvalue weighted by Gasteiger charge is -2.39. The Kier molecular flexibility index (Phi) is 16.8. The number of Topliss-reactive ketones (excluding diaryl/α,β-unsaturated/α-hetero) is 1. The van der Waals surface area contributed by atoms with E-state index in [2.05, 4.69) is 9.97 Å². The molecule has 15 nitrogen and oxygen atoms in total. The molecule has 0 bridgehead atoms. The van der Waals surface area contributed by atoms with Crippen molar-refractivity contribution in [3.63, 3.8) is 0 Å². The summed E-state index contributed by atoms with van der Waals surface area (Å²) in [6.45, 7) is 0.759. The molecule has 2 N–H and O–H groups in total. The summed E-state index contributed by atoms with van der Waals surface area (Å²) in [7, 11) is -4.99. The molecule has 0 radical (unpaired) electrons. The molecule has 4 aliphatic heterocycles. The van der Waals surface area contributed by atoms with Crippen LogP contribution in [0.15, 0.2) is 109 Å². The number of carbonyl (C=O) groups excluding carboxylic acids is 3. The highest BCUT2D eigenvalue weighted by Gasteiger charge is 2.56. The number of methoxy groups -OCH3 is 1. The van der Waals surface area contributed by atoms with Gasteiger partial charge >= 0.3 is 0 Å². The number of aliphatic hydroxyl groups excluding tert-OH is 1. The summed E-state index contributed by atoms with van der Waals surface area (Å²) in [6, 6.07) is 24.6. The molecular weight excluding hydrogens is 1150 g/mol. The topological polar surface area (TPSA) is 211 Å². The summed E-state index contributed by atoms with van der Waals surface area (Å²) >= 11 is 24.2. The molecule has 1 unspecified atom stereocenters. The lowest BCUT2D eigenvalue weighted by atomic mass is 9.78. The van der Waals surface area contributed by atoms with E-state index >= 15 is 8.78 Å². The van der Waals surface area contributed by atoms with E-state index in [9.17, 15) is 41.4 Å². The van der Waals surface area contributed by atoms with Crippen LogP contribution in [0.2, 0.25) is 20.1 Å². The molecular formula is C56H52Cl4F2N4O11S2. The average molecular weight is 1200 g/mol. The van der Waals surface area contributed by atoms with Crippen LogP contribution in [0.1, 0.15) is 103 Å². The molecule has 4 aliphatic rings. The minimum absolute atomic E-state index is 0.0115. The van der Waals surface area contributed by atoms with Crippen LogP contribution < -0.4 is 0 Å². The number of rotatable bonds is 14. The van der Waals surface area contributed by atoms with E-state index in [1.165, 1.54) is 54.4 Å². The van der Waals surface area contributed by atoms with Crippen molar-refractivity contribution in [2.45, 2.75) is 62.7 Å². The minimum Gasteiger partial charge on any atom is -0.394 e. The van der Waals surface area contributed by atoms with Crippen molar-refractivity contribution in [1.29, 1.82) is 0 Å². The highest BCUT2D eigenvalue weighted by Crippen LogP contribution is 2.51. The number of carbonyl (C=O) groups is 3. The standard InChI is InChI=1S/C29H29Cl2FN2O6S.C27H23Cl2FN2O5S/c1-28(37,18-8-12-41(38,39)13-9-18)20-14-24-26(25(32)15-20)29(40-11-10-35,19-2-4-21(30)5-3-19)34(27(24)36)17-23-7-6-22(31)16-33-23;1-37-27(18-2-4-19(28)5-3-18)24-22(26(34)32(27)15-21-7-6-20(29)14-31-21)12-17(13-23(24)30)25(33)16-8-10-38(35,36)11-9-16/h2-7,14-16,18,35,37H,8-13,17H2,1H3;2-7,12-14,16H,8-11,15H2,1H3/t28?,29-;27-/m10/s1. The number of pyridine rings is 2. The largest absolute Gasteiger partial charge is 0.394 e. The van der Waals surface area contributed by atoms with Crippen LogP contribution in [0.5, 0.6) is 0 Å². The molecule has 3 atom stereocenters. The number of ketones is 1. The minimum atomic E-state index is -3.19. The van der Waals surface area contributed by atoms with E-state index in [-0.39, 0.29) is 108 Å². The van der Waals surface area contributed by atoms with E-state index in [4.69, 9.17) is 55.9 Å². The third-order valence-electron chi connectivity index (χ3n) is 15.1. The van der Waals surface area contributed by atoms with Gasteiger partial charge < -0.3 is 19.7 Å². The maximum atomic E-state index is 16.4. The Hall–Kier alpha value is -5.45.